The summed E-state index contributed by atoms with van der Waals surface area (Å²) >= 11 is 0. The van der Waals surface area contributed by atoms with E-state index in [4.69, 9.17) is 9.15 Å². The van der Waals surface area contributed by atoms with Gasteiger partial charge in [0.1, 0.15) is 11.3 Å². The molecule has 0 bridgehead atoms. The van der Waals surface area contributed by atoms with E-state index in [1.165, 1.54) is 0 Å². The van der Waals surface area contributed by atoms with E-state index in [0.717, 1.165) is 27.8 Å². The fourth-order valence-electron chi connectivity index (χ4n) is 2.67. The topological polar surface area (TPSA) is 34.4 Å². The summed E-state index contributed by atoms with van der Waals surface area (Å²) in [6.07, 6.45) is 1.83. The number of fused-ring (bicyclic) bond motifs is 1. The fourth-order valence-corrected chi connectivity index (χ4v) is 2.67. The van der Waals surface area contributed by atoms with Crippen molar-refractivity contribution in [1.29, 1.82) is 0 Å². The average Bonchev–Trinajstić information content (AvgIpc) is 2.93. The van der Waals surface area contributed by atoms with Crippen LogP contribution in [0.25, 0.3) is 11.0 Å². The van der Waals surface area contributed by atoms with Crippen LogP contribution in [0.5, 0.6) is 5.75 Å². The van der Waals surface area contributed by atoms with Crippen LogP contribution in [0.2, 0.25) is 0 Å². The van der Waals surface area contributed by atoms with Crippen LogP contribution < -0.4 is 10.1 Å². The zero-order valence-electron chi connectivity index (χ0n) is 12.3. The monoisotopic (exact) mass is 281 g/mol. The Balaban J connectivity index is 2.03. The summed E-state index contributed by atoms with van der Waals surface area (Å²) in [6, 6.07) is 16.4. The van der Waals surface area contributed by atoms with Gasteiger partial charge in [-0.15, -0.1) is 0 Å². The summed E-state index contributed by atoms with van der Waals surface area (Å²) in [5, 5.41) is 4.50. The Bertz CT molecular complexity index is 733. The van der Waals surface area contributed by atoms with Crippen molar-refractivity contribution >= 4 is 11.0 Å². The van der Waals surface area contributed by atoms with E-state index < -0.39 is 0 Å². The molecule has 0 aliphatic carbocycles. The third kappa shape index (κ3) is 2.65. The predicted molar refractivity (Wildman–Crippen MR) is 84.7 cm³/mol. The van der Waals surface area contributed by atoms with Gasteiger partial charge in [0.25, 0.3) is 0 Å². The standard InChI is InChI=1S/C18H19NO2/c1-3-20-14-8-6-7-13(11-14)18(19-2)16-12-21-17-10-5-4-9-15(16)17/h4-12,18-19H,3H2,1-2H3. The van der Waals surface area contributed by atoms with Crippen molar-refractivity contribution in [2.24, 2.45) is 0 Å². The van der Waals surface area contributed by atoms with Gasteiger partial charge in [-0.2, -0.15) is 0 Å². The molecule has 21 heavy (non-hydrogen) atoms. The Kier molecular flexibility index (Phi) is 3.93. The SMILES string of the molecule is CCOc1cccc(C(NC)c2coc3ccccc23)c1. The van der Waals surface area contributed by atoms with Crippen LogP contribution in [0.4, 0.5) is 0 Å². The molecule has 108 valence electrons. The van der Waals surface area contributed by atoms with Crippen LogP contribution in [-0.2, 0) is 0 Å². The molecular weight excluding hydrogens is 262 g/mol. The normalized spacial score (nSPS) is 12.5. The van der Waals surface area contributed by atoms with Crippen molar-refractivity contribution in [2.45, 2.75) is 13.0 Å². The molecule has 0 spiro atoms. The van der Waals surface area contributed by atoms with E-state index in [-0.39, 0.29) is 6.04 Å². The first-order valence-corrected chi connectivity index (χ1v) is 7.19. The molecule has 1 heterocycles. The number of rotatable bonds is 5. The fraction of sp³-hybridized carbons (Fsp3) is 0.222. The molecule has 2 aromatic carbocycles. The highest BCUT2D eigenvalue weighted by molar-refractivity contribution is 5.81. The zero-order chi connectivity index (χ0) is 14.7. The van der Waals surface area contributed by atoms with Gasteiger partial charge in [0, 0.05) is 10.9 Å². The summed E-state index contributed by atoms with van der Waals surface area (Å²) in [5.74, 6) is 0.892. The number of para-hydroxylation sites is 1. The molecule has 0 amide bonds. The quantitative estimate of drug-likeness (QED) is 0.763. The first kappa shape index (κ1) is 13.7. The van der Waals surface area contributed by atoms with E-state index in [1.807, 2.05) is 50.6 Å². The van der Waals surface area contributed by atoms with Gasteiger partial charge in [-0.1, -0.05) is 30.3 Å². The summed E-state index contributed by atoms with van der Waals surface area (Å²) in [7, 11) is 1.96. The lowest BCUT2D eigenvalue weighted by Gasteiger charge is -2.16. The molecule has 3 nitrogen and oxygen atoms in total. The molecular formula is C18H19NO2. The predicted octanol–water partition coefficient (Wildman–Crippen LogP) is 4.14. The van der Waals surface area contributed by atoms with Crippen molar-refractivity contribution in [3.63, 3.8) is 0 Å². The number of ether oxygens (including phenoxy) is 1. The minimum Gasteiger partial charge on any atom is -0.494 e. The molecule has 0 saturated carbocycles. The molecule has 1 aromatic heterocycles. The van der Waals surface area contributed by atoms with E-state index >= 15 is 0 Å². The van der Waals surface area contributed by atoms with E-state index in [0.29, 0.717) is 6.61 Å². The third-order valence-corrected chi connectivity index (χ3v) is 3.61. The van der Waals surface area contributed by atoms with Crippen molar-refractivity contribution in [3.8, 4) is 5.75 Å². The lowest BCUT2D eigenvalue weighted by molar-refractivity contribution is 0.339. The maximum absolute atomic E-state index is 5.66. The number of hydrogen-bond acceptors (Lipinski definition) is 3. The van der Waals surface area contributed by atoms with Crippen LogP contribution in [0.3, 0.4) is 0 Å². The van der Waals surface area contributed by atoms with E-state index in [2.05, 4.69) is 23.5 Å². The minimum absolute atomic E-state index is 0.0778. The van der Waals surface area contributed by atoms with E-state index in [1.54, 1.807) is 0 Å². The number of nitrogens with one attached hydrogen (secondary N) is 1. The Hall–Kier alpha value is -2.26. The molecule has 0 radical (unpaired) electrons. The molecule has 0 aliphatic heterocycles. The van der Waals surface area contributed by atoms with Crippen molar-refractivity contribution in [2.75, 3.05) is 13.7 Å². The second-order valence-electron chi connectivity index (χ2n) is 4.91. The Morgan fingerprint density at radius 1 is 1.14 bits per heavy atom. The molecule has 1 N–H and O–H groups in total. The highest BCUT2D eigenvalue weighted by Crippen LogP contribution is 2.31. The third-order valence-electron chi connectivity index (χ3n) is 3.61. The van der Waals surface area contributed by atoms with Crippen LogP contribution in [0.1, 0.15) is 24.1 Å². The van der Waals surface area contributed by atoms with Crippen LogP contribution in [0.15, 0.2) is 59.2 Å². The maximum Gasteiger partial charge on any atom is 0.134 e. The lowest BCUT2D eigenvalue weighted by atomic mass is 9.98. The molecule has 1 atom stereocenters. The van der Waals surface area contributed by atoms with Crippen LogP contribution in [-0.4, -0.2) is 13.7 Å². The lowest BCUT2D eigenvalue weighted by Crippen LogP contribution is -2.17. The molecule has 0 saturated heterocycles. The summed E-state index contributed by atoms with van der Waals surface area (Å²) < 4.78 is 11.3. The summed E-state index contributed by atoms with van der Waals surface area (Å²) in [5.41, 5.74) is 3.21. The smallest absolute Gasteiger partial charge is 0.134 e. The van der Waals surface area contributed by atoms with Gasteiger partial charge < -0.3 is 14.5 Å². The maximum atomic E-state index is 5.66. The first-order valence-electron chi connectivity index (χ1n) is 7.19. The molecule has 0 fully saturated rings. The van der Waals surface area contributed by atoms with Gasteiger partial charge in [-0.3, -0.25) is 0 Å². The van der Waals surface area contributed by atoms with Crippen molar-refractivity contribution in [3.05, 3.63) is 65.9 Å². The summed E-state index contributed by atoms with van der Waals surface area (Å²) in [4.78, 5) is 0. The Morgan fingerprint density at radius 2 is 2.00 bits per heavy atom. The molecule has 3 aromatic rings. The number of furan rings is 1. The molecule has 1 unspecified atom stereocenters. The highest BCUT2D eigenvalue weighted by Gasteiger charge is 2.17. The first-order chi connectivity index (χ1) is 10.3. The second kappa shape index (κ2) is 6.02. The highest BCUT2D eigenvalue weighted by atomic mass is 16.5. The van der Waals surface area contributed by atoms with Crippen molar-refractivity contribution in [1.82, 2.24) is 5.32 Å². The number of hydrogen-bond donors (Lipinski definition) is 1. The Labute approximate surface area is 124 Å². The molecule has 0 aliphatic rings. The van der Waals surface area contributed by atoms with Crippen LogP contribution >= 0.6 is 0 Å². The summed E-state index contributed by atoms with van der Waals surface area (Å²) in [6.45, 7) is 2.66. The molecule has 3 heteroatoms. The average molecular weight is 281 g/mol. The Morgan fingerprint density at radius 3 is 2.81 bits per heavy atom. The van der Waals surface area contributed by atoms with Crippen molar-refractivity contribution < 1.29 is 9.15 Å². The second-order valence-corrected chi connectivity index (χ2v) is 4.91. The zero-order valence-corrected chi connectivity index (χ0v) is 12.3. The van der Waals surface area contributed by atoms with E-state index in [9.17, 15) is 0 Å². The van der Waals surface area contributed by atoms with Gasteiger partial charge in [0.2, 0.25) is 0 Å². The van der Waals surface area contributed by atoms with Gasteiger partial charge in [-0.05, 0) is 37.7 Å². The minimum atomic E-state index is 0.0778. The van der Waals surface area contributed by atoms with Gasteiger partial charge in [0.05, 0.1) is 18.9 Å². The van der Waals surface area contributed by atoms with Gasteiger partial charge in [-0.25, -0.2) is 0 Å². The van der Waals surface area contributed by atoms with Crippen LogP contribution in [0, 0.1) is 0 Å². The van der Waals surface area contributed by atoms with Gasteiger partial charge in [0.15, 0.2) is 0 Å². The molecule has 3 rings (SSSR count). The van der Waals surface area contributed by atoms with Gasteiger partial charge >= 0.3 is 0 Å². The largest absolute Gasteiger partial charge is 0.494 e. The number of benzene rings is 2.